The predicted molar refractivity (Wildman–Crippen MR) is 106 cm³/mol. The average molecular weight is 386 g/mol. The van der Waals surface area contributed by atoms with Gasteiger partial charge >= 0.3 is 5.97 Å². The van der Waals surface area contributed by atoms with Gasteiger partial charge in [0.15, 0.2) is 10.8 Å². The number of fused-ring (bicyclic) bond motifs is 1. The summed E-state index contributed by atoms with van der Waals surface area (Å²) in [5.41, 5.74) is 3.21. The van der Waals surface area contributed by atoms with Gasteiger partial charge in [0, 0.05) is 0 Å². The van der Waals surface area contributed by atoms with E-state index in [0.29, 0.717) is 22.8 Å². The average Bonchev–Trinajstić information content (AvgIpc) is 3.01. The molecule has 0 bridgehead atoms. The first-order valence-corrected chi connectivity index (χ1v) is 9.47. The molecule has 1 aromatic carbocycles. The van der Waals surface area contributed by atoms with E-state index in [1.807, 2.05) is 32.0 Å². The maximum Gasteiger partial charge on any atom is 0.322 e. The number of nitrogens with one attached hydrogen (secondary N) is 1. The number of aromatic amines is 1. The van der Waals surface area contributed by atoms with E-state index >= 15 is 0 Å². The molecule has 0 aliphatic carbocycles. The van der Waals surface area contributed by atoms with Crippen molar-refractivity contribution in [1.29, 1.82) is 0 Å². The zero-order chi connectivity index (χ0) is 19.8. The highest BCUT2D eigenvalue weighted by Crippen LogP contribution is 2.31. The van der Waals surface area contributed by atoms with Gasteiger partial charge in [-0.25, -0.2) is 9.67 Å². The lowest BCUT2D eigenvalue weighted by molar-refractivity contribution is -0.145. The fourth-order valence-corrected chi connectivity index (χ4v) is 3.58. The fourth-order valence-electron chi connectivity index (χ4n) is 2.68. The van der Waals surface area contributed by atoms with Crippen molar-refractivity contribution in [3.8, 4) is 5.69 Å². The van der Waals surface area contributed by atoms with Crippen LogP contribution in [0.4, 0.5) is 0 Å². The molecule has 142 valence electrons. The third kappa shape index (κ3) is 3.62. The fraction of sp³-hybridized carbons (Fsp3) is 0.368. The summed E-state index contributed by atoms with van der Waals surface area (Å²) in [5, 5.41) is 5.11. The smallest absolute Gasteiger partial charge is 0.322 e. The summed E-state index contributed by atoms with van der Waals surface area (Å²) in [7, 11) is 0. The Morgan fingerprint density at radius 2 is 2.07 bits per heavy atom. The number of H-pyrrole nitrogens is 1. The van der Waals surface area contributed by atoms with Gasteiger partial charge in [0.05, 0.1) is 18.5 Å². The molecule has 0 atom stereocenters. The van der Waals surface area contributed by atoms with E-state index < -0.39 is 4.75 Å². The summed E-state index contributed by atoms with van der Waals surface area (Å²) >= 11 is 1.16. The molecule has 0 fully saturated rings. The van der Waals surface area contributed by atoms with Crippen LogP contribution in [0.1, 0.15) is 31.9 Å². The van der Waals surface area contributed by atoms with Crippen LogP contribution in [-0.2, 0) is 9.53 Å². The normalized spacial score (nSPS) is 11.7. The molecule has 0 aliphatic heterocycles. The van der Waals surface area contributed by atoms with Crippen molar-refractivity contribution in [3.63, 3.8) is 0 Å². The number of rotatable bonds is 5. The molecule has 8 heteroatoms. The van der Waals surface area contributed by atoms with Crippen molar-refractivity contribution in [2.45, 2.75) is 44.5 Å². The second-order valence-corrected chi connectivity index (χ2v) is 8.33. The Bertz CT molecular complexity index is 1070. The van der Waals surface area contributed by atoms with Crippen LogP contribution in [0.25, 0.3) is 16.7 Å². The van der Waals surface area contributed by atoms with Gasteiger partial charge in [-0.15, -0.1) is 0 Å². The third-order valence-electron chi connectivity index (χ3n) is 4.34. The molecule has 0 saturated heterocycles. The molecule has 0 unspecified atom stereocenters. The van der Waals surface area contributed by atoms with Crippen molar-refractivity contribution < 1.29 is 9.53 Å². The topological polar surface area (TPSA) is 89.9 Å². The number of thioether (sulfide) groups is 1. The van der Waals surface area contributed by atoms with Gasteiger partial charge in [0.25, 0.3) is 5.56 Å². The molecule has 7 nitrogen and oxygen atoms in total. The second kappa shape index (κ2) is 7.19. The monoisotopic (exact) mass is 386 g/mol. The first-order chi connectivity index (χ1) is 12.7. The van der Waals surface area contributed by atoms with Crippen LogP contribution in [0.15, 0.2) is 34.3 Å². The predicted octanol–water partition coefficient (Wildman–Crippen LogP) is 3.16. The van der Waals surface area contributed by atoms with E-state index in [4.69, 9.17) is 4.74 Å². The van der Waals surface area contributed by atoms with Crippen molar-refractivity contribution in [2.75, 3.05) is 6.61 Å². The highest BCUT2D eigenvalue weighted by Gasteiger charge is 2.32. The molecule has 0 aliphatic rings. The van der Waals surface area contributed by atoms with Crippen LogP contribution in [0, 0.1) is 13.8 Å². The summed E-state index contributed by atoms with van der Waals surface area (Å²) in [6.07, 6.45) is 1.51. The zero-order valence-corrected chi connectivity index (χ0v) is 16.8. The van der Waals surface area contributed by atoms with Crippen LogP contribution < -0.4 is 5.56 Å². The number of aryl methyl sites for hydroxylation is 1. The van der Waals surface area contributed by atoms with Crippen LogP contribution in [0.2, 0.25) is 0 Å². The third-order valence-corrected chi connectivity index (χ3v) is 5.40. The van der Waals surface area contributed by atoms with Crippen LogP contribution in [0.5, 0.6) is 0 Å². The maximum atomic E-state index is 12.5. The van der Waals surface area contributed by atoms with Gasteiger partial charge < -0.3 is 9.72 Å². The Kier molecular flexibility index (Phi) is 5.10. The molecule has 0 spiro atoms. The number of aromatic nitrogens is 4. The largest absolute Gasteiger partial charge is 0.465 e. The summed E-state index contributed by atoms with van der Waals surface area (Å²) in [6, 6.07) is 5.90. The maximum absolute atomic E-state index is 12.5. The molecule has 0 radical (unpaired) electrons. The number of hydrogen-bond acceptors (Lipinski definition) is 6. The molecule has 0 amide bonds. The minimum atomic E-state index is -0.885. The molecular formula is C19H22N4O3S. The van der Waals surface area contributed by atoms with Gasteiger partial charge in [-0.2, -0.15) is 5.10 Å². The quantitative estimate of drug-likeness (QED) is 0.412. The first-order valence-electron chi connectivity index (χ1n) is 8.65. The molecule has 2 heterocycles. The van der Waals surface area contributed by atoms with Gasteiger partial charge in [-0.05, 0) is 51.8 Å². The molecule has 2 aromatic heterocycles. The van der Waals surface area contributed by atoms with E-state index in [-0.39, 0.29) is 11.5 Å². The lowest BCUT2D eigenvalue weighted by Crippen LogP contribution is -2.30. The van der Waals surface area contributed by atoms with Gasteiger partial charge in [-0.3, -0.25) is 9.59 Å². The number of esters is 1. The van der Waals surface area contributed by atoms with E-state index in [9.17, 15) is 9.59 Å². The second-order valence-electron chi connectivity index (χ2n) is 6.72. The summed E-state index contributed by atoms with van der Waals surface area (Å²) in [4.78, 5) is 32.0. The number of carbonyl (C=O) groups is 1. The Morgan fingerprint density at radius 1 is 1.33 bits per heavy atom. The lowest BCUT2D eigenvalue weighted by Gasteiger charge is -2.20. The molecule has 1 N–H and O–H groups in total. The van der Waals surface area contributed by atoms with Crippen molar-refractivity contribution in [1.82, 2.24) is 19.7 Å². The van der Waals surface area contributed by atoms with Crippen LogP contribution in [-0.4, -0.2) is 37.1 Å². The Hall–Kier alpha value is -2.61. The van der Waals surface area contributed by atoms with E-state index in [1.165, 1.54) is 6.20 Å². The molecule has 0 saturated carbocycles. The minimum absolute atomic E-state index is 0.293. The van der Waals surface area contributed by atoms with Crippen LogP contribution >= 0.6 is 11.8 Å². The SMILES string of the molecule is CCOC(=O)C(C)(C)Sc1nc2c(cnn2-c2cccc(C)c2C)c(=O)[nH]1. The summed E-state index contributed by atoms with van der Waals surface area (Å²) < 4.78 is 5.88. The summed E-state index contributed by atoms with van der Waals surface area (Å²) in [6.45, 7) is 9.56. The van der Waals surface area contributed by atoms with Gasteiger partial charge in [0.1, 0.15) is 10.1 Å². The number of hydrogen-bond donors (Lipinski definition) is 1. The summed E-state index contributed by atoms with van der Waals surface area (Å²) in [5.74, 6) is -0.360. The molecule has 3 rings (SSSR count). The number of nitrogens with zero attached hydrogens (tertiary/aromatic N) is 3. The minimum Gasteiger partial charge on any atom is -0.465 e. The van der Waals surface area contributed by atoms with Gasteiger partial charge in [0.2, 0.25) is 0 Å². The highest BCUT2D eigenvalue weighted by molar-refractivity contribution is 8.01. The van der Waals surface area contributed by atoms with Crippen molar-refractivity contribution >= 4 is 28.8 Å². The van der Waals surface area contributed by atoms with Gasteiger partial charge in [-0.1, -0.05) is 23.9 Å². The number of benzene rings is 1. The van der Waals surface area contributed by atoms with E-state index in [0.717, 1.165) is 28.6 Å². The molecule has 27 heavy (non-hydrogen) atoms. The Morgan fingerprint density at radius 3 is 2.78 bits per heavy atom. The first kappa shape index (κ1) is 19.2. The number of carbonyl (C=O) groups excluding carboxylic acids is 1. The van der Waals surface area contributed by atoms with E-state index in [2.05, 4.69) is 15.1 Å². The standard InChI is InChI=1S/C19H22N4O3S/c1-6-26-17(25)19(4,5)27-18-21-15-13(16(24)22-18)10-20-23(15)14-9-7-8-11(2)12(14)3/h7-10H,6H2,1-5H3,(H,21,22,24). The molecule has 3 aromatic rings. The Balaban J connectivity index is 2.10. The highest BCUT2D eigenvalue weighted by atomic mass is 32.2. The van der Waals surface area contributed by atoms with Crippen molar-refractivity contribution in [2.24, 2.45) is 0 Å². The van der Waals surface area contributed by atoms with E-state index in [1.54, 1.807) is 25.5 Å². The lowest BCUT2D eigenvalue weighted by atomic mass is 10.1. The number of ether oxygens (including phenoxy) is 1. The Labute approximate surface area is 161 Å². The zero-order valence-electron chi connectivity index (χ0n) is 16.0. The molecular weight excluding hydrogens is 364 g/mol. The van der Waals surface area contributed by atoms with Crippen molar-refractivity contribution in [3.05, 3.63) is 45.9 Å². The van der Waals surface area contributed by atoms with Crippen LogP contribution in [0.3, 0.4) is 0 Å².